The van der Waals surface area contributed by atoms with Crippen LogP contribution in [0.1, 0.15) is 0 Å². The van der Waals surface area contributed by atoms with Gasteiger partial charge < -0.3 is 10.3 Å². The Bertz CT molecular complexity index is 205. The van der Waals surface area contributed by atoms with Gasteiger partial charge in [0, 0.05) is 31.6 Å². The van der Waals surface area contributed by atoms with Crippen LogP contribution in [0.15, 0.2) is 0 Å². The second-order valence-electron chi connectivity index (χ2n) is 3.86. The minimum absolute atomic E-state index is 0.132. The van der Waals surface area contributed by atoms with Crippen molar-refractivity contribution in [3.63, 3.8) is 0 Å². The first-order valence-electron chi connectivity index (χ1n) is 3.98. The highest BCUT2D eigenvalue weighted by molar-refractivity contribution is 5.69. The lowest BCUT2D eigenvalue weighted by molar-refractivity contribution is -0.246. The van der Waals surface area contributed by atoms with E-state index < -0.39 is 5.97 Å². The van der Waals surface area contributed by atoms with Gasteiger partial charge in [-0.3, -0.25) is 9.69 Å². The van der Waals surface area contributed by atoms with Crippen LogP contribution in [0.2, 0.25) is 0 Å². The van der Waals surface area contributed by atoms with Gasteiger partial charge in [-0.05, 0) is 0 Å². The fourth-order valence-corrected chi connectivity index (χ4v) is 2.13. The highest BCUT2D eigenvalue weighted by Crippen LogP contribution is 2.37. The number of carboxylic acids is 1. The number of hydroxylamine groups is 2. The van der Waals surface area contributed by atoms with Crippen molar-refractivity contribution in [2.75, 3.05) is 32.7 Å². The Morgan fingerprint density at radius 1 is 1.33 bits per heavy atom. The zero-order chi connectivity index (χ0) is 8.77. The molecule has 2 aliphatic rings. The second-order valence-corrected chi connectivity index (χ2v) is 3.86. The molecule has 5 heteroatoms. The monoisotopic (exact) mass is 172 g/mol. The Hall–Kier alpha value is -0.650. The number of carbonyl (C=O) groups is 1. The van der Waals surface area contributed by atoms with Crippen molar-refractivity contribution in [3.05, 3.63) is 0 Å². The van der Waals surface area contributed by atoms with Gasteiger partial charge in [0.1, 0.15) is 0 Å². The van der Waals surface area contributed by atoms with Crippen LogP contribution < -0.4 is 0 Å². The van der Waals surface area contributed by atoms with Gasteiger partial charge in [0.15, 0.2) is 0 Å². The van der Waals surface area contributed by atoms with Crippen molar-refractivity contribution >= 4 is 5.97 Å². The second kappa shape index (κ2) is 2.42. The Morgan fingerprint density at radius 2 is 1.92 bits per heavy atom. The molecule has 68 valence electrons. The molecule has 2 N–H and O–H groups in total. The Labute approximate surface area is 70.1 Å². The molecule has 0 aromatic heterocycles. The maximum absolute atomic E-state index is 10.3. The molecule has 0 aromatic rings. The molecule has 2 fully saturated rings. The van der Waals surface area contributed by atoms with E-state index in [1.54, 1.807) is 0 Å². The lowest BCUT2D eigenvalue weighted by atomic mass is 9.74. The fourth-order valence-electron chi connectivity index (χ4n) is 2.13. The van der Waals surface area contributed by atoms with Crippen LogP contribution in [0, 0.1) is 5.41 Å². The first kappa shape index (κ1) is 7.97. The van der Waals surface area contributed by atoms with E-state index in [9.17, 15) is 4.79 Å². The van der Waals surface area contributed by atoms with Crippen LogP contribution in [0.3, 0.4) is 0 Å². The van der Waals surface area contributed by atoms with Gasteiger partial charge in [-0.2, -0.15) is 5.06 Å². The summed E-state index contributed by atoms with van der Waals surface area (Å²) in [5.41, 5.74) is 0.212. The first-order valence-corrected chi connectivity index (χ1v) is 3.98. The number of hydrogen-bond acceptors (Lipinski definition) is 4. The van der Waals surface area contributed by atoms with Gasteiger partial charge >= 0.3 is 5.97 Å². The van der Waals surface area contributed by atoms with E-state index in [4.69, 9.17) is 10.3 Å². The first-order chi connectivity index (χ1) is 5.60. The summed E-state index contributed by atoms with van der Waals surface area (Å²) in [7, 11) is 0. The largest absolute Gasteiger partial charge is 0.480 e. The zero-order valence-corrected chi connectivity index (χ0v) is 6.73. The molecule has 5 nitrogen and oxygen atoms in total. The normalized spacial score (nSPS) is 28.1. The number of aliphatic carboxylic acids is 1. The molecule has 0 amide bonds. The lowest BCUT2D eigenvalue weighted by Gasteiger charge is -2.58. The predicted molar refractivity (Wildman–Crippen MR) is 39.9 cm³/mol. The molecule has 0 aromatic carbocycles. The van der Waals surface area contributed by atoms with Gasteiger partial charge in [-0.25, -0.2) is 0 Å². The molecule has 2 heterocycles. The van der Waals surface area contributed by atoms with Crippen LogP contribution in [0.25, 0.3) is 0 Å². The van der Waals surface area contributed by atoms with Gasteiger partial charge in [0.2, 0.25) is 0 Å². The average Bonchev–Trinajstić information content (AvgIpc) is 1.78. The van der Waals surface area contributed by atoms with Crippen LogP contribution in [-0.2, 0) is 4.79 Å². The van der Waals surface area contributed by atoms with E-state index in [2.05, 4.69) is 0 Å². The fraction of sp³-hybridized carbons (Fsp3) is 0.857. The maximum Gasteiger partial charge on any atom is 0.317 e. The molecule has 2 aliphatic heterocycles. The summed E-state index contributed by atoms with van der Waals surface area (Å²) >= 11 is 0. The predicted octanol–water partition coefficient (Wildman–Crippen LogP) is -0.922. The van der Waals surface area contributed by atoms with Crippen LogP contribution in [0.4, 0.5) is 0 Å². The number of likely N-dealkylation sites (tertiary alicyclic amines) is 1. The molecule has 2 rings (SSSR count). The third-order valence-corrected chi connectivity index (χ3v) is 2.51. The van der Waals surface area contributed by atoms with Crippen molar-refractivity contribution < 1.29 is 15.1 Å². The number of carboxylic acid groups (broad SMARTS) is 1. The molecular formula is C7H12N2O3. The molecule has 0 unspecified atom stereocenters. The van der Waals surface area contributed by atoms with Crippen molar-refractivity contribution in [2.45, 2.75) is 0 Å². The molecule has 1 spiro atoms. The van der Waals surface area contributed by atoms with E-state index in [0.29, 0.717) is 13.1 Å². The minimum atomic E-state index is -0.773. The number of rotatable bonds is 2. The van der Waals surface area contributed by atoms with Gasteiger partial charge in [-0.1, -0.05) is 0 Å². The quantitative estimate of drug-likeness (QED) is 0.564. The molecular weight excluding hydrogens is 160 g/mol. The van der Waals surface area contributed by atoms with Crippen LogP contribution in [-0.4, -0.2) is 59.0 Å². The molecule has 0 radical (unpaired) electrons. The van der Waals surface area contributed by atoms with E-state index in [1.165, 1.54) is 5.06 Å². The number of nitrogens with zero attached hydrogens (tertiary/aromatic N) is 2. The van der Waals surface area contributed by atoms with Gasteiger partial charge in [-0.15, -0.1) is 0 Å². The van der Waals surface area contributed by atoms with Crippen molar-refractivity contribution in [2.24, 2.45) is 5.41 Å². The summed E-state index contributed by atoms with van der Waals surface area (Å²) in [6.45, 7) is 3.16. The molecule has 0 saturated carbocycles. The summed E-state index contributed by atoms with van der Waals surface area (Å²) in [5.74, 6) is -0.773. The molecule has 12 heavy (non-hydrogen) atoms. The summed E-state index contributed by atoms with van der Waals surface area (Å²) in [6, 6.07) is 0. The third-order valence-electron chi connectivity index (χ3n) is 2.51. The topological polar surface area (TPSA) is 64.0 Å². The Kier molecular flexibility index (Phi) is 1.61. The molecule has 2 saturated heterocycles. The van der Waals surface area contributed by atoms with Crippen molar-refractivity contribution in [1.29, 1.82) is 0 Å². The lowest BCUT2D eigenvalue weighted by Crippen LogP contribution is -2.71. The Balaban J connectivity index is 1.74. The minimum Gasteiger partial charge on any atom is -0.480 e. The van der Waals surface area contributed by atoms with Crippen LogP contribution >= 0.6 is 0 Å². The maximum atomic E-state index is 10.3. The SMILES string of the molecule is O=C(O)CN1CC2(CN(O)C2)C1. The average molecular weight is 172 g/mol. The molecule has 0 atom stereocenters. The van der Waals surface area contributed by atoms with Crippen molar-refractivity contribution in [1.82, 2.24) is 9.96 Å². The summed E-state index contributed by atoms with van der Waals surface area (Å²) in [6.07, 6.45) is 0. The van der Waals surface area contributed by atoms with E-state index >= 15 is 0 Å². The smallest absolute Gasteiger partial charge is 0.317 e. The van der Waals surface area contributed by atoms with Crippen LogP contribution in [0.5, 0.6) is 0 Å². The van der Waals surface area contributed by atoms with Gasteiger partial charge in [0.05, 0.1) is 6.54 Å². The van der Waals surface area contributed by atoms with E-state index in [1.807, 2.05) is 4.90 Å². The molecule has 0 aliphatic carbocycles. The molecule has 0 bridgehead atoms. The standard InChI is InChI=1S/C7H12N2O3/c10-6(11)1-8-2-7(3-8)4-9(12)5-7/h12H,1-5H2,(H,10,11). The van der Waals surface area contributed by atoms with Crippen molar-refractivity contribution in [3.8, 4) is 0 Å². The third kappa shape index (κ3) is 1.20. The zero-order valence-electron chi connectivity index (χ0n) is 6.73. The summed E-state index contributed by atoms with van der Waals surface area (Å²) in [4.78, 5) is 12.2. The van der Waals surface area contributed by atoms with E-state index in [0.717, 1.165) is 13.1 Å². The highest BCUT2D eigenvalue weighted by Gasteiger charge is 2.51. The van der Waals surface area contributed by atoms with Gasteiger partial charge in [0.25, 0.3) is 0 Å². The Morgan fingerprint density at radius 3 is 2.33 bits per heavy atom. The van der Waals surface area contributed by atoms with E-state index in [-0.39, 0.29) is 12.0 Å². The number of hydrogen-bond donors (Lipinski definition) is 2. The summed E-state index contributed by atoms with van der Waals surface area (Å²) in [5, 5.41) is 18.7. The summed E-state index contributed by atoms with van der Waals surface area (Å²) < 4.78 is 0. The highest BCUT2D eigenvalue weighted by atomic mass is 16.5.